The van der Waals surface area contributed by atoms with Crippen molar-refractivity contribution in [1.82, 2.24) is 0 Å². The standard InChI is InChI=1S/C4HClF5/c5-2(6)1-3(7,8)4(2,9)10/h1H. The average Bonchev–Trinajstić information content (AvgIpc) is 1.61. The molecule has 0 aromatic carbocycles. The van der Waals surface area contributed by atoms with Crippen LogP contribution in [0.5, 0.6) is 0 Å². The fourth-order valence-corrected chi connectivity index (χ4v) is 0.816. The van der Waals surface area contributed by atoms with E-state index in [2.05, 4.69) is 11.6 Å². The van der Waals surface area contributed by atoms with Crippen LogP contribution < -0.4 is 0 Å². The maximum absolute atomic E-state index is 12.0. The molecule has 1 aliphatic carbocycles. The Morgan fingerprint density at radius 3 is 1.40 bits per heavy atom. The third kappa shape index (κ3) is 0.667. The van der Waals surface area contributed by atoms with E-state index in [0.717, 1.165) is 0 Å². The van der Waals surface area contributed by atoms with E-state index in [9.17, 15) is 22.0 Å². The first-order chi connectivity index (χ1) is 4.21. The van der Waals surface area contributed by atoms with Gasteiger partial charge in [0.2, 0.25) is 0 Å². The molecule has 0 amide bonds. The predicted octanol–water partition coefficient (Wildman–Crippen LogP) is 2.38. The molecule has 1 fully saturated rings. The van der Waals surface area contributed by atoms with Crippen molar-refractivity contribution < 1.29 is 22.0 Å². The highest BCUT2D eigenvalue weighted by molar-refractivity contribution is 6.25. The van der Waals surface area contributed by atoms with E-state index in [-0.39, 0.29) is 0 Å². The Morgan fingerprint density at radius 2 is 1.40 bits per heavy atom. The first-order valence-corrected chi connectivity index (χ1v) is 2.59. The summed E-state index contributed by atoms with van der Waals surface area (Å²) in [7, 11) is 0. The summed E-state index contributed by atoms with van der Waals surface area (Å²) in [6.45, 7) is 0. The highest BCUT2D eigenvalue weighted by Gasteiger charge is 2.82. The van der Waals surface area contributed by atoms with Gasteiger partial charge in [0.25, 0.3) is 5.13 Å². The van der Waals surface area contributed by atoms with E-state index in [1.807, 2.05) is 0 Å². The average molecular weight is 179 g/mol. The van der Waals surface area contributed by atoms with Crippen LogP contribution in [0.4, 0.5) is 22.0 Å². The second-order valence-corrected chi connectivity index (χ2v) is 2.51. The SMILES string of the molecule is FC1(F)[CH]C(F)(Cl)C1(F)F. The zero-order chi connectivity index (χ0) is 8.21. The van der Waals surface area contributed by atoms with Crippen LogP contribution in [0.15, 0.2) is 0 Å². The van der Waals surface area contributed by atoms with Crippen LogP contribution in [-0.2, 0) is 0 Å². The lowest BCUT2D eigenvalue weighted by Crippen LogP contribution is -2.67. The molecule has 59 valence electrons. The fourth-order valence-electron chi connectivity index (χ4n) is 0.553. The molecular formula is C4HClF5. The van der Waals surface area contributed by atoms with Crippen molar-refractivity contribution >= 4 is 11.6 Å². The summed E-state index contributed by atoms with van der Waals surface area (Å²) in [6.07, 6.45) is -0.526. The molecule has 1 radical (unpaired) electrons. The molecule has 0 aromatic rings. The molecule has 1 atom stereocenters. The number of alkyl halides is 6. The minimum atomic E-state index is -4.78. The van der Waals surface area contributed by atoms with Crippen LogP contribution >= 0.6 is 11.6 Å². The van der Waals surface area contributed by atoms with Crippen molar-refractivity contribution in [1.29, 1.82) is 0 Å². The highest BCUT2D eigenvalue weighted by atomic mass is 35.5. The number of halogens is 6. The molecule has 0 aromatic heterocycles. The van der Waals surface area contributed by atoms with E-state index in [1.54, 1.807) is 0 Å². The molecule has 1 rings (SSSR count). The predicted molar refractivity (Wildman–Crippen MR) is 23.9 cm³/mol. The fraction of sp³-hybridized carbons (Fsp3) is 0.750. The smallest absolute Gasteiger partial charge is 0.219 e. The zero-order valence-corrected chi connectivity index (χ0v) is 5.10. The Balaban J connectivity index is 2.85. The zero-order valence-electron chi connectivity index (χ0n) is 4.35. The minimum absolute atomic E-state index is 0.526. The summed E-state index contributed by atoms with van der Waals surface area (Å²) in [5.41, 5.74) is 0. The van der Waals surface area contributed by atoms with E-state index in [0.29, 0.717) is 0 Å². The molecule has 1 aliphatic rings. The van der Waals surface area contributed by atoms with E-state index >= 15 is 0 Å². The van der Waals surface area contributed by atoms with Crippen molar-refractivity contribution in [2.24, 2.45) is 0 Å². The Morgan fingerprint density at radius 1 is 1.00 bits per heavy atom. The van der Waals surface area contributed by atoms with Gasteiger partial charge in [-0.3, -0.25) is 0 Å². The topological polar surface area (TPSA) is 0 Å². The van der Waals surface area contributed by atoms with Crippen LogP contribution in [-0.4, -0.2) is 17.0 Å². The van der Waals surface area contributed by atoms with Crippen LogP contribution in [0, 0.1) is 6.42 Å². The summed E-state index contributed by atoms with van der Waals surface area (Å²) >= 11 is 4.33. The minimum Gasteiger partial charge on any atom is -0.219 e. The van der Waals surface area contributed by atoms with Crippen molar-refractivity contribution in [3.63, 3.8) is 0 Å². The first-order valence-electron chi connectivity index (χ1n) is 2.21. The van der Waals surface area contributed by atoms with Crippen LogP contribution in [0.1, 0.15) is 0 Å². The van der Waals surface area contributed by atoms with Gasteiger partial charge in [-0.1, -0.05) is 11.6 Å². The molecule has 0 bridgehead atoms. The summed E-state index contributed by atoms with van der Waals surface area (Å²) in [5, 5.41) is -3.68. The number of rotatable bonds is 0. The molecule has 0 nitrogen and oxygen atoms in total. The van der Waals surface area contributed by atoms with Crippen molar-refractivity contribution in [2.45, 2.75) is 17.0 Å². The largest absolute Gasteiger partial charge is 0.358 e. The quantitative estimate of drug-likeness (QED) is 0.396. The van der Waals surface area contributed by atoms with Crippen LogP contribution in [0.3, 0.4) is 0 Å². The second kappa shape index (κ2) is 1.57. The Hall–Kier alpha value is -0.0600. The lowest BCUT2D eigenvalue weighted by Gasteiger charge is -2.43. The van der Waals surface area contributed by atoms with Gasteiger partial charge in [0.1, 0.15) is 0 Å². The third-order valence-corrected chi connectivity index (χ3v) is 1.55. The summed E-state index contributed by atoms with van der Waals surface area (Å²) in [6, 6.07) is 0. The molecule has 0 heterocycles. The van der Waals surface area contributed by atoms with Gasteiger partial charge in [0.05, 0.1) is 6.42 Å². The van der Waals surface area contributed by atoms with Gasteiger partial charge in [-0.05, 0) is 0 Å². The maximum Gasteiger partial charge on any atom is 0.358 e. The lowest BCUT2D eigenvalue weighted by molar-refractivity contribution is -0.288. The first kappa shape index (κ1) is 8.04. The summed E-state index contributed by atoms with van der Waals surface area (Å²) in [4.78, 5) is 0. The second-order valence-electron chi connectivity index (χ2n) is 1.96. The van der Waals surface area contributed by atoms with Gasteiger partial charge in [-0.2, -0.15) is 17.6 Å². The molecule has 10 heavy (non-hydrogen) atoms. The van der Waals surface area contributed by atoms with Gasteiger partial charge in [0, 0.05) is 0 Å². The molecule has 1 saturated carbocycles. The van der Waals surface area contributed by atoms with Gasteiger partial charge in [0.15, 0.2) is 0 Å². The van der Waals surface area contributed by atoms with Crippen molar-refractivity contribution in [2.75, 3.05) is 0 Å². The number of hydrogen-bond donors (Lipinski definition) is 0. The third-order valence-electron chi connectivity index (χ3n) is 1.20. The molecule has 0 saturated heterocycles. The maximum atomic E-state index is 12.0. The summed E-state index contributed by atoms with van der Waals surface area (Å²) < 4.78 is 58.9. The van der Waals surface area contributed by atoms with Gasteiger partial charge in [-0.25, -0.2) is 4.39 Å². The van der Waals surface area contributed by atoms with Gasteiger partial charge >= 0.3 is 11.8 Å². The lowest BCUT2D eigenvalue weighted by atomic mass is 9.86. The van der Waals surface area contributed by atoms with Gasteiger partial charge < -0.3 is 0 Å². The Kier molecular flexibility index (Phi) is 1.26. The van der Waals surface area contributed by atoms with E-state index < -0.39 is 23.4 Å². The molecule has 6 heteroatoms. The Labute approximate surface area is 58.0 Å². The van der Waals surface area contributed by atoms with Crippen LogP contribution in [0.25, 0.3) is 0 Å². The molecule has 0 aliphatic heterocycles. The highest BCUT2D eigenvalue weighted by Crippen LogP contribution is 2.60. The van der Waals surface area contributed by atoms with Crippen LogP contribution in [0.2, 0.25) is 0 Å². The molecule has 0 N–H and O–H groups in total. The monoisotopic (exact) mass is 179 g/mol. The van der Waals surface area contributed by atoms with Crippen molar-refractivity contribution in [3.05, 3.63) is 6.42 Å². The summed E-state index contributed by atoms with van der Waals surface area (Å²) in [5.74, 6) is -9.19. The molecule has 1 unspecified atom stereocenters. The van der Waals surface area contributed by atoms with Gasteiger partial charge in [-0.15, -0.1) is 0 Å². The van der Waals surface area contributed by atoms with E-state index in [1.165, 1.54) is 0 Å². The normalized spacial score (nSPS) is 42.6. The van der Waals surface area contributed by atoms with E-state index in [4.69, 9.17) is 0 Å². The molecular weight excluding hydrogens is 178 g/mol. The molecule has 0 spiro atoms. The Bertz CT molecular complexity index is 147. The number of hydrogen-bond acceptors (Lipinski definition) is 0. The van der Waals surface area contributed by atoms with Crippen molar-refractivity contribution in [3.8, 4) is 0 Å².